The molecule has 1 aliphatic heterocycles. The van der Waals surface area contributed by atoms with E-state index in [0.29, 0.717) is 29.1 Å². The van der Waals surface area contributed by atoms with E-state index in [4.69, 9.17) is 4.52 Å². The highest BCUT2D eigenvalue weighted by Crippen LogP contribution is 2.55. The molecule has 2 aliphatic rings. The highest BCUT2D eigenvalue weighted by Gasteiger charge is 2.62. The number of likely N-dealkylation sites (tertiary alicyclic amines) is 1. The van der Waals surface area contributed by atoms with Gasteiger partial charge in [0.25, 0.3) is 5.89 Å². The number of urea groups is 1. The Morgan fingerprint density at radius 1 is 1.24 bits per heavy atom. The summed E-state index contributed by atoms with van der Waals surface area (Å²) in [6.45, 7) is 6.03. The number of piperidine rings is 1. The number of benzene rings is 1. The van der Waals surface area contributed by atoms with Crippen LogP contribution in [-0.4, -0.2) is 41.7 Å². The minimum atomic E-state index is -0.524. The lowest BCUT2D eigenvalue weighted by Gasteiger charge is -2.61. The maximum atomic E-state index is 13.5. The molecule has 1 saturated heterocycles. The molecule has 3 aromatic heterocycles. The predicted molar refractivity (Wildman–Crippen MR) is 122 cm³/mol. The van der Waals surface area contributed by atoms with Crippen LogP contribution >= 0.6 is 0 Å². The lowest BCUT2D eigenvalue weighted by molar-refractivity contribution is -0.111. The van der Waals surface area contributed by atoms with E-state index < -0.39 is 5.54 Å². The molecule has 1 aliphatic carbocycles. The van der Waals surface area contributed by atoms with E-state index in [2.05, 4.69) is 32.5 Å². The second-order valence-electron chi connectivity index (χ2n) is 9.37. The van der Waals surface area contributed by atoms with Crippen molar-refractivity contribution < 1.29 is 9.32 Å². The van der Waals surface area contributed by atoms with E-state index in [-0.39, 0.29) is 12.1 Å². The number of nitrogens with one attached hydrogen (secondary N) is 1. The molecule has 33 heavy (non-hydrogen) atoms. The minimum absolute atomic E-state index is 0.148. The Kier molecular flexibility index (Phi) is 4.30. The molecule has 0 spiro atoms. The SMILES string of the molecule is Cc1noc([C@]23CC(C[C@@H](C)C2)N3C(=O)Nc2ccc(C)c(-c3ncc4cccn4n3)c2)n1. The smallest absolute Gasteiger partial charge is 0.323 e. The third kappa shape index (κ3) is 3.10. The fourth-order valence-corrected chi connectivity index (χ4v) is 5.52. The monoisotopic (exact) mass is 443 g/mol. The number of carbonyl (C=O) groups excluding carboxylic acids is 1. The summed E-state index contributed by atoms with van der Waals surface area (Å²) in [6, 6.07) is 9.73. The molecule has 6 rings (SSSR count). The third-order valence-electron chi connectivity index (χ3n) is 6.91. The van der Waals surface area contributed by atoms with Crippen LogP contribution in [0, 0.1) is 19.8 Å². The van der Waals surface area contributed by atoms with Gasteiger partial charge in [-0.25, -0.2) is 14.3 Å². The van der Waals surface area contributed by atoms with Crippen LogP contribution in [-0.2, 0) is 5.54 Å². The molecule has 9 heteroatoms. The van der Waals surface area contributed by atoms with Crippen molar-refractivity contribution in [1.29, 1.82) is 0 Å². The number of carbonyl (C=O) groups is 1. The van der Waals surface area contributed by atoms with Crippen molar-refractivity contribution >= 4 is 17.2 Å². The van der Waals surface area contributed by atoms with Crippen molar-refractivity contribution in [3.8, 4) is 11.4 Å². The number of rotatable bonds is 3. The average Bonchev–Trinajstić information content (AvgIpc) is 3.43. The zero-order valence-electron chi connectivity index (χ0n) is 18.8. The maximum absolute atomic E-state index is 13.5. The molecule has 3 atom stereocenters. The van der Waals surface area contributed by atoms with Crippen LogP contribution in [0.2, 0.25) is 0 Å². The fourth-order valence-electron chi connectivity index (χ4n) is 5.52. The molecule has 4 heterocycles. The van der Waals surface area contributed by atoms with E-state index in [0.717, 1.165) is 35.9 Å². The molecule has 9 nitrogen and oxygen atoms in total. The first-order valence-corrected chi connectivity index (χ1v) is 11.3. The van der Waals surface area contributed by atoms with Gasteiger partial charge in [0.15, 0.2) is 11.6 Å². The van der Waals surface area contributed by atoms with Gasteiger partial charge in [0.05, 0.1) is 11.7 Å². The van der Waals surface area contributed by atoms with Gasteiger partial charge in [-0.2, -0.15) is 4.98 Å². The van der Waals surface area contributed by atoms with Crippen molar-refractivity contribution in [2.45, 2.75) is 51.6 Å². The normalized spacial score (nSPS) is 24.0. The average molecular weight is 444 g/mol. The van der Waals surface area contributed by atoms with Gasteiger partial charge in [0.1, 0.15) is 5.54 Å². The first-order chi connectivity index (χ1) is 15.9. The van der Waals surface area contributed by atoms with Crippen LogP contribution in [0.1, 0.15) is 43.5 Å². The number of aryl methyl sites for hydroxylation is 2. The van der Waals surface area contributed by atoms with Crippen LogP contribution in [0.4, 0.5) is 10.5 Å². The van der Waals surface area contributed by atoms with Crippen LogP contribution < -0.4 is 5.32 Å². The molecule has 1 aromatic carbocycles. The summed E-state index contributed by atoms with van der Waals surface area (Å²) in [5.41, 5.74) is 3.02. The summed E-state index contributed by atoms with van der Waals surface area (Å²) in [6.07, 6.45) is 6.35. The summed E-state index contributed by atoms with van der Waals surface area (Å²) >= 11 is 0. The van der Waals surface area contributed by atoms with Gasteiger partial charge < -0.3 is 14.7 Å². The first kappa shape index (κ1) is 19.9. The molecule has 2 amide bonds. The number of hydrogen-bond donors (Lipinski definition) is 1. The summed E-state index contributed by atoms with van der Waals surface area (Å²) in [5, 5.41) is 11.7. The topological polar surface area (TPSA) is 101 Å². The van der Waals surface area contributed by atoms with E-state index >= 15 is 0 Å². The quantitative estimate of drug-likeness (QED) is 0.506. The van der Waals surface area contributed by atoms with E-state index in [1.165, 1.54) is 0 Å². The van der Waals surface area contributed by atoms with Gasteiger partial charge in [-0.15, -0.1) is 5.10 Å². The number of hydrogen-bond acceptors (Lipinski definition) is 6. The first-order valence-electron chi connectivity index (χ1n) is 11.3. The Morgan fingerprint density at radius 2 is 2.12 bits per heavy atom. The molecule has 2 fully saturated rings. The fraction of sp³-hybridized carbons (Fsp3) is 0.375. The van der Waals surface area contributed by atoms with Crippen LogP contribution in [0.25, 0.3) is 16.9 Å². The number of amides is 2. The molecule has 168 valence electrons. The van der Waals surface area contributed by atoms with Crippen LogP contribution in [0.3, 0.4) is 0 Å². The van der Waals surface area contributed by atoms with Crippen LogP contribution in [0.5, 0.6) is 0 Å². The Bertz CT molecular complexity index is 1380. The van der Waals surface area contributed by atoms with Crippen molar-refractivity contribution in [1.82, 2.24) is 29.6 Å². The lowest BCUT2D eigenvalue weighted by atomic mass is 9.64. The number of fused-ring (bicyclic) bond motifs is 3. The zero-order valence-corrected chi connectivity index (χ0v) is 18.8. The standard InChI is InChI=1S/C24H25N7O2/c1-14-9-19-12-24(11-14,22-26-16(3)29-33-22)31(19)23(32)27-17-7-6-15(2)20(10-17)21-25-13-18-5-4-8-30(18)28-21/h4-8,10,13-14,19H,9,11-12H2,1-3H3,(H,27,32)/t14-,19?,24-/m1/s1. The van der Waals surface area contributed by atoms with Crippen molar-refractivity contribution in [3.63, 3.8) is 0 Å². The minimum Gasteiger partial charge on any atom is -0.337 e. The number of anilines is 1. The molecule has 0 radical (unpaired) electrons. The molecule has 1 saturated carbocycles. The molecular weight excluding hydrogens is 418 g/mol. The van der Waals surface area contributed by atoms with Gasteiger partial charge in [0.2, 0.25) is 0 Å². The van der Waals surface area contributed by atoms with Gasteiger partial charge in [-0.3, -0.25) is 0 Å². The van der Waals surface area contributed by atoms with Gasteiger partial charge >= 0.3 is 6.03 Å². The highest BCUT2D eigenvalue weighted by atomic mass is 16.5. The third-order valence-corrected chi connectivity index (χ3v) is 6.91. The Hall–Kier alpha value is -3.75. The second kappa shape index (κ2) is 7.13. The molecule has 1 N–H and O–H groups in total. The highest BCUT2D eigenvalue weighted by molar-refractivity contribution is 5.92. The number of nitrogens with zero attached hydrogens (tertiary/aromatic N) is 6. The summed E-state index contributed by atoms with van der Waals surface area (Å²) in [4.78, 5) is 24.4. The number of aromatic nitrogens is 5. The summed E-state index contributed by atoms with van der Waals surface area (Å²) in [7, 11) is 0. The Labute approximate surface area is 190 Å². The predicted octanol–water partition coefficient (Wildman–Crippen LogP) is 4.33. The van der Waals surface area contributed by atoms with E-state index in [1.54, 1.807) is 17.6 Å². The van der Waals surface area contributed by atoms with E-state index in [9.17, 15) is 4.79 Å². The largest absolute Gasteiger partial charge is 0.337 e. The Morgan fingerprint density at radius 3 is 2.94 bits per heavy atom. The maximum Gasteiger partial charge on any atom is 0.323 e. The zero-order chi connectivity index (χ0) is 22.7. The second-order valence-corrected chi connectivity index (χ2v) is 9.37. The lowest BCUT2D eigenvalue weighted by Crippen LogP contribution is -2.70. The molecular formula is C24H25N7O2. The summed E-state index contributed by atoms with van der Waals surface area (Å²) in [5.74, 6) is 2.23. The van der Waals surface area contributed by atoms with Crippen molar-refractivity contribution in [2.24, 2.45) is 5.92 Å². The Balaban J connectivity index is 1.30. The van der Waals surface area contributed by atoms with Crippen molar-refractivity contribution in [2.75, 3.05) is 5.32 Å². The molecule has 1 unspecified atom stereocenters. The summed E-state index contributed by atoms with van der Waals surface area (Å²) < 4.78 is 7.34. The molecule has 2 bridgehead atoms. The van der Waals surface area contributed by atoms with Gasteiger partial charge in [-0.05, 0) is 62.4 Å². The van der Waals surface area contributed by atoms with Crippen LogP contribution in [0.15, 0.2) is 47.2 Å². The van der Waals surface area contributed by atoms with Gasteiger partial charge in [-0.1, -0.05) is 18.1 Å². The van der Waals surface area contributed by atoms with E-state index in [1.807, 2.05) is 48.4 Å². The molecule has 4 aromatic rings. The van der Waals surface area contributed by atoms with Gasteiger partial charge in [0, 0.05) is 29.9 Å². The van der Waals surface area contributed by atoms with Crippen molar-refractivity contribution in [3.05, 3.63) is 60.0 Å².